The van der Waals surface area contributed by atoms with Crippen molar-refractivity contribution in [1.82, 2.24) is 0 Å². The van der Waals surface area contributed by atoms with E-state index in [9.17, 15) is 0 Å². The Kier molecular flexibility index (Phi) is 3.54. The lowest BCUT2D eigenvalue weighted by atomic mass is 9.79. The largest absolute Gasteiger partial charge is 0.0622 e. The van der Waals surface area contributed by atoms with Crippen molar-refractivity contribution in [3.05, 3.63) is 58.7 Å². The van der Waals surface area contributed by atoms with Crippen LogP contribution in [0.25, 0.3) is 11.1 Å². The van der Waals surface area contributed by atoms with E-state index in [2.05, 4.69) is 77.9 Å². The highest BCUT2D eigenvalue weighted by atomic mass is 14.2. The van der Waals surface area contributed by atoms with Gasteiger partial charge in [0.05, 0.1) is 0 Å². The van der Waals surface area contributed by atoms with Gasteiger partial charge in [0, 0.05) is 0 Å². The summed E-state index contributed by atoms with van der Waals surface area (Å²) in [7, 11) is 0. The number of hydrogen-bond donors (Lipinski definition) is 0. The molecule has 100 valence electrons. The van der Waals surface area contributed by atoms with Crippen LogP contribution in [0.3, 0.4) is 0 Å². The minimum absolute atomic E-state index is 0.187. The molecule has 0 saturated heterocycles. The fraction of sp³-hybridized carbons (Fsp3) is 0.368. The third-order valence-corrected chi connectivity index (χ3v) is 4.11. The summed E-state index contributed by atoms with van der Waals surface area (Å²) >= 11 is 0. The second-order valence-corrected chi connectivity index (χ2v) is 6.46. The molecule has 0 bridgehead atoms. The molecule has 0 heteroatoms. The van der Waals surface area contributed by atoms with E-state index in [4.69, 9.17) is 0 Å². The van der Waals surface area contributed by atoms with E-state index in [1.807, 2.05) is 0 Å². The fourth-order valence-electron chi connectivity index (χ4n) is 2.74. The molecule has 19 heavy (non-hydrogen) atoms. The van der Waals surface area contributed by atoms with Crippen molar-refractivity contribution in [1.29, 1.82) is 0 Å². The molecule has 0 unspecified atom stereocenters. The lowest BCUT2D eigenvalue weighted by Gasteiger charge is -2.26. The van der Waals surface area contributed by atoms with Crippen molar-refractivity contribution in [2.24, 2.45) is 0 Å². The first-order valence-electron chi connectivity index (χ1n) is 6.99. The third kappa shape index (κ3) is 2.58. The van der Waals surface area contributed by atoms with Gasteiger partial charge in [-0.25, -0.2) is 0 Å². The van der Waals surface area contributed by atoms with E-state index in [1.54, 1.807) is 0 Å². The maximum atomic E-state index is 2.38. The first-order valence-corrected chi connectivity index (χ1v) is 6.99. The van der Waals surface area contributed by atoms with Gasteiger partial charge in [0.1, 0.15) is 0 Å². The van der Waals surface area contributed by atoms with Crippen molar-refractivity contribution < 1.29 is 0 Å². The molecule has 0 radical (unpaired) electrons. The molecule has 0 fully saturated rings. The van der Waals surface area contributed by atoms with Gasteiger partial charge in [-0.3, -0.25) is 0 Å². The molecule has 0 aliphatic carbocycles. The first kappa shape index (κ1) is 13.9. The van der Waals surface area contributed by atoms with Gasteiger partial charge in [-0.2, -0.15) is 0 Å². The summed E-state index contributed by atoms with van der Waals surface area (Å²) in [6.07, 6.45) is 0. The molecule has 0 atom stereocenters. The van der Waals surface area contributed by atoms with Crippen molar-refractivity contribution in [3.8, 4) is 11.1 Å². The second-order valence-electron chi connectivity index (χ2n) is 6.46. The van der Waals surface area contributed by atoms with Gasteiger partial charge < -0.3 is 0 Å². The molecule has 2 aromatic rings. The fourth-order valence-corrected chi connectivity index (χ4v) is 2.74. The van der Waals surface area contributed by atoms with E-state index < -0.39 is 0 Å². The normalized spacial score (nSPS) is 11.7. The van der Waals surface area contributed by atoms with Crippen LogP contribution in [-0.2, 0) is 5.41 Å². The summed E-state index contributed by atoms with van der Waals surface area (Å²) in [5.41, 5.74) is 8.58. The van der Waals surface area contributed by atoms with Crippen molar-refractivity contribution in [3.63, 3.8) is 0 Å². The lowest BCUT2D eigenvalue weighted by molar-refractivity contribution is 0.585. The van der Waals surface area contributed by atoms with Gasteiger partial charge in [-0.15, -0.1) is 0 Å². The average molecular weight is 252 g/mol. The average Bonchev–Trinajstić information content (AvgIpc) is 2.36. The zero-order chi connectivity index (χ0) is 14.2. The SMILES string of the molecule is Cc1c(-c2ccccc2)cc(C(C)(C)C)c(C)c1C. The Balaban J connectivity index is 2.73. The van der Waals surface area contributed by atoms with Crippen molar-refractivity contribution in [2.75, 3.05) is 0 Å². The molecule has 0 N–H and O–H groups in total. The molecule has 0 heterocycles. The third-order valence-electron chi connectivity index (χ3n) is 4.11. The van der Waals surface area contributed by atoms with Crippen LogP contribution >= 0.6 is 0 Å². The van der Waals surface area contributed by atoms with Gasteiger partial charge in [-0.05, 0) is 59.6 Å². The van der Waals surface area contributed by atoms with Crippen molar-refractivity contribution in [2.45, 2.75) is 47.0 Å². The van der Waals surface area contributed by atoms with Crippen LogP contribution in [0.1, 0.15) is 43.0 Å². The minimum atomic E-state index is 0.187. The summed E-state index contributed by atoms with van der Waals surface area (Å²) in [6, 6.07) is 13.1. The van der Waals surface area contributed by atoms with Gasteiger partial charge in [0.2, 0.25) is 0 Å². The molecule has 0 aromatic heterocycles. The minimum Gasteiger partial charge on any atom is -0.0622 e. The topological polar surface area (TPSA) is 0 Å². The predicted molar refractivity (Wildman–Crippen MR) is 84.8 cm³/mol. The Morgan fingerprint density at radius 2 is 1.32 bits per heavy atom. The quantitative estimate of drug-likeness (QED) is 0.622. The number of benzene rings is 2. The molecule has 2 rings (SSSR count). The van der Waals surface area contributed by atoms with Crippen LogP contribution in [-0.4, -0.2) is 0 Å². The maximum Gasteiger partial charge on any atom is -0.0129 e. The zero-order valence-corrected chi connectivity index (χ0v) is 13.0. The van der Waals surface area contributed by atoms with Gasteiger partial charge in [0.15, 0.2) is 0 Å². The van der Waals surface area contributed by atoms with E-state index in [-0.39, 0.29) is 5.41 Å². The Morgan fingerprint density at radius 1 is 0.737 bits per heavy atom. The zero-order valence-electron chi connectivity index (χ0n) is 13.0. The molecule has 0 nitrogen and oxygen atoms in total. The van der Waals surface area contributed by atoms with Gasteiger partial charge >= 0.3 is 0 Å². The van der Waals surface area contributed by atoms with Crippen LogP contribution in [0.5, 0.6) is 0 Å². The molecule has 0 spiro atoms. The molecule has 2 aromatic carbocycles. The predicted octanol–water partition coefficient (Wildman–Crippen LogP) is 5.58. The van der Waals surface area contributed by atoms with Crippen LogP contribution < -0.4 is 0 Å². The highest BCUT2D eigenvalue weighted by molar-refractivity contribution is 5.71. The van der Waals surface area contributed by atoms with Gasteiger partial charge in [0.25, 0.3) is 0 Å². The molecular weight excluding hydrogens is 228 g/mol. The van der Waals surface area contributed by atoms with E-state index in [1.165, 1.54) is 33.4 Å². The summed E-state index contributed by atoms with van der Waals surface area (Å²) in [5, 5.41) is 0. The Labute approximate surface area is 117 Å². The summed E-state index contributed by atoms with van der Waals surface area (Å²) in [5.74, 6) is 0. The molecule has 0 amide bonds. The number of rotatable bonds is 1. The lowest BCUT2D eigenvalue weighted by Crippen LogP contribution is -2.14. The molecular formula is C19H24. The Morgan fingerprint density at radius 3 is 1.84 bits per heavy atom. The first-order chi connectivity index (χ1) is 8.82. The summed E-state index contributed by atoms with van der Waals surface area (Å²) in [6.45, 7) is 13.6. The van der Waals surface area contributed by atoms with Crippen LogP contribution in [0.15, 0.2) is 36.4 Å². The van der Waals surface area contributed by atoms with Crippen LogP contribution in [0.2, 0.25) is 0 Å². The standard InChI is InChI=1S/C19H24/c1-13-14(2)17(16-10-8-7-9-11-16)12-18(15(13)3)19(4,5)6/h7-12H,1-6H3. The number of hydrogen-bond acceptors (Lipinski definition) is 0. The highest BCUT2D eigenvalue weighted by Crippen LogP contribution is 2.35. The monoisotopic (exact) mass is 252 g/mol. The Bertz CT molecular complexity index is 584. The van der Waals surface area contributed by atoms with Gasteiger partial charge in [-0.1, -0.05) is 57.2 Å². The van der Waals surface area contributed by atoms with Crippen LogP contribution in [0, 0.1) is 20.8 Å². The summed E-state index contributed by atoms with van der Waals surface area (Å²) in [4.78, 5) is 0. The maximum absolute atomic E-state index is 2.38. The van der Waals surface area contributed by atoms with E-state index >= 15 is 0 Å². The van der Waals surface area contributed by atoms with E-state index in [0.717, 1.165) is 0 Å². The molecule has 0 aliphatic heterocycles. The van der Waals surface area contributed by atoms with Crippen molar-refractivity contribution >= 4 is 0 Å². The van der Waals surface area contributed by atoms with Crippen LogP contribution in [0.4, 0.5) is 0 Å². The smallest absolute Gasteiger partial charge is 0.0129 e. The van der Waals surface area contributed by atoms with E-state index in [0.29, 0.717) is 0 Å². The highest BCUT2D eigenvalue weighted by Gasteiger charge is 2.20. The molecule has 0 aliphatic rings. The summed E-state index contributed by atoms with van der Waals surface area (Å²) < 4.78 is 0. The Hall–Kier alpha value is -1.56. The molecule has 0 saturated carbocycles. The second kappa shape index (κ2) is 4.85.